The Morgan fingerprint density at radius 1 is 1.56 bits per heavy atom. The Bertz CT molecular complexity index is 409. The average Bonchev–Trinajstić information content (AvgIpc) is 2.40. The van der Waals surface area contributed by atoms with Gasteiger partial charge in [0.15, 0.2) is 0 Å². The van der Waals surface area contributed by atoms with E-state index in [2.05, 4.69) is 5.32 Å². The highest BCUT2D eigenvalue weighted by Crippen LogP contribution is 2.28. The van der Waals surface area contributed by atoms with Crippen molar-refractivity contribution in [1.82, 2.24) is 0 Å². The van der Waals surface area contributed by atoms with E-state index in [0.717, 1.165) is 18.7 Å². The van der Waals surface area contributed by atoms with Gasteiger partial charge in [-0.05, 0) is 24.6 Å². The first-order valence-electron chi connectivity index (χ1n) is 5.17. The van der Waals surface area contributed by atoms with Crippen LogP contribution in [0.5, 0.6) is 0 Å². The number of aliphatic carboxylic acids is 1. The van der Waals surface area contributed by atoms with Gasteiger partial charge in [0, 0.05) is 13.1 Å². The van der Waals surface area contributed by atoms with Crippen molar-refractivity contribution in [3.8, 4) is 0 Å². The van der Waals surface area contributed by atoms with Crippen LogP contribution >= 0.6 is 0 Å². The van der Waals surface area contributed by atoms with E-state index >= 15 is 0 Å². The minimum Gasteiger partial charge on any atom is -0.480 e. The van der Waals surface area contributed by atoms with Gasteiger partial charge in [0.2, 0.25) is 0 Å². The topological polar surface area (TPSA) is 52.6 Å². The molecule has 0 aliphatic carbocycles. The summed E-state index contributed by atoms with van der Waals surface area (Å²) in [7, 11) is 0. The van der Waals surface area contributed by atoms with Crippen LogP contribution in [0.15, 0.2) is 18.2 Å². The van der Waals surface area contributed by atoms with Gasteiger partial charge in [-0.2, -0.15) is 0 Å². The second kappa shape index (κ2) is 4.38. The Morgan fingerprint density at radius 3 is 3.12 bits per heavy atom. The van der Waals surface area contributed by atoms with Crippen molar-refractivity contribution in [2.24, 2.45) is 0 Å². The van der Waals surface area contributed by atoms with E-state index in [4.69, 9.17) is 5.11 Å². The monoisotopic (exact) mass is 224 g/mol. The van der Waals surface area contributed by atoms with E-state index in [0.29, 0.717) is 12.2 Å². The van der Waals surface area contributed by atoms with Crippen molar-refractivity contribution in [3.05, 3.63) is 24.0 Å². The molecule has 0 unspecified atom stereocenters. The van der Waals surface area contributed by atoms with Crippen molar-refractivity contribution < 1.29 is 14.3 Å². The lowest BCUT2D eigenvalue weighted by Gasteiger charge is -2.22. The number of hydrogen-bond acceptors (Lipinski definition) is 3. The van der Waals surface area contributed by atoms with E-state index < -0.39 is 5.97 Å². The fourth-order valence-corrected chi connectivity index (χ4v) is 1.87. The number of carboxylic acids is 1. The summed E-state index contributed by atoms with van der Waals surface area (Å²) in [6.45, 7) is 1.34. The Balaban J connectivity index is 2.32. The van der Waals surface area contributed by atoms with Gasteiger partial charge in [0.1, 0.15) is 12.4 Å². The number of hydrogen-bond donors (Lipinski definition) is 2. The number of nitrogens with one attached hydrogen (secondary N) is 1. The minimum absolute atomic E-state index is 0.0552. The molecule has 0 amide bonds. The number of anilines is 2. The molecule has 16 heavy (non-hydrogen) atoms. The number of fused-ring (bicyclic) bond motifs is 1. The summed E-state index contributed by atoms with van der Waals surface area (Å²) >= 11 is 0. The third kappa shape index (κ3) is 2.24. The van der Waals surface area contributed by atoms with Gasteiger partial charge in [-0.1, -0.05) is 0 Å². The Morgan fingerprint density at radius 2 is 2.38 bits per heavy atom. The molecule has 1 aromatic carbocycles. The summed E-state index contributed by atoms with van der Waals surface area (Å²) < 4.78 is 13.0. The van der Waals surface area contributed by atoms with Gasteiger partial charge in [-0.15, -0.1) is 0 Å². The lowest BCUT2D eigenvalue weighted by Crippen LogP contribution is -2.30. The molecule has 0 saturated heterocycles. The first-order chi connectivity index (χ1) is 7.66. The number of halogens is 1. The number of carbonyl (C=O) groups is 1. The number of rotatable bonds is 2. The molecule has 2 rings (SSSR count). The van der Waals surface area contributed by atoms with Gasteiger partial charge >= 0.3 is 5.97 Å². The van der Waals surface area contributed by atoms with Crippen molar-refractivity contribution in [1.29, 1.82) is 0 Å². The van der Waals surface area contributed by atoms with Crippen LogP contribution in [0, 0.1) is 5.82 Å². The smallest absolute Gasteiger partial charge is 0.323 e. The highest BCUT2D eigenvalue weighted by molar-refractivity contribution is 5.78. The zero-order valence-electron chi connectivity index (χ0n) is 8.74. The Hall–Kier alpha value is -1.78. The molecule has 0 radical (unpaired) electrons. The van der Waals surface area contributed by atoms with Crippen LogP contribution in [-0.2, 0) is 4.79 Å². The van der Waals surface area contributed by atoms with Gasteiger partial charge in [-0.3, -0.25) is 4.79 Å². The maximum atomic E-state index is 13.0. The molecule has 1 aromatic rings. The number of benzene rings is 1. The van der Waals surface area contributed by atoms with Crippen molar-refractivity contribution in [2.45, 2.75) is 6.42 Å². The van der Waals surface area contributed by atoms with Gasteiger partial charge in [-0.25, -0.2) is 4.39 Å². The van der Waals surface area contributed by atoms with E-state index in [1.807, 2.05) is 0 Å². The maximum Gasteiger partial charge on any atom is 0.323 e. The lowest BCUT2D eigenvalue weighted by molar-refractivity contribution is -0.135. The third-order valence-corrected chi connectivity index (χ3v) is 2.55. The maximum absolute atomic E-state index is 13.0. The molecule has 5 heteroatoms. The number of carboxylic acid groups (broad SMARTS) is 1. The van der Waals surface area contributed by atoms with Crippen molar-refractivity contribution in [2.75, 3.05) is 29.9 Å². The molecule has 2 N–H and O–H groups in total. The van der Waals surface area contributed by atoms with Crippen LogP contribution in [0.1, 0.15) is 6.42 Å². The molecule has 1 aliphatic rings. The second-order valence-electron chi connectivity index (χ2n) is 3.76. The normalized spacial score (nSPS) is 14.9. The van der Waals surface area contributed by atoms with Gasteiger partial charge < -0.3 is 15.3 Å². The van der Waals surface area contributed by atoms with E-state index in [1.54, 1.807) is 11.0 Å². The predicted molar refractivity (Wildman–Crippen MR) is 59.4 cm³/mol. The molecule has 1 aliphatic heterocycles. The van der Waals surface area contributed by atoms with Crippen LogP contribution in [0.3, 0.4) is 0 Å². The third-order valence-electron chi connectivity index (χ3n) is 2.55. The lowest BCUT2D eigenvalue weighted by atomic mass is 10.2. The SMILES string of the molecule is O=C(O)CN1CCCNc2cc(F)ccc21. The zero-order valence-corrected chi connectivity index (χ0v) is 8.74. The van der Waals surface area contributed by atoms with Crippen LogP contribution in [0.4, 0.5) is 15.8 Å². The summed E-state index contributed by atoms with van der Waals surface area (Å²) in [6.07, 6.45) is 0.837. The van der Waals surface area contributed by atoms with Crippen molar-refractivity contribution in [3.63, 3.8) is 0 Å². The van der Waals surface area contributed by atoms with Crippen LogP contribution in [0.2, 0.25) is 0 Å². The van der Waals surface area contributed by atoms with E-state index in [9.17, 15) is 9.18 Å². The first-order valence-corrected chi connectivity index (χ1v) is 5.17. The highest BCUT2D eigenvalue weighted by atomic mass is 19.1. The van der Waals surface area contributed by atoms with Crippen LogP contribution in [0.25, 0.3) is 0 Å². The largest absolute Gasteiger partial charge is 0.480 e. The molecular weight excluding hydrogens is 211 g/mol. The van der Waals surface area contributed by atoms with Gasteiger partial charge in [0.05, 0.1) is 11.4 Å². The number of nitrogens with zero attached hydrogens (tertiary/aromatic N) is 1. The summed E-state index contributed by atoms with van der Waals surface area (Å²) in [5, 5.41) is 11.9. The summed E-state index contributed by atoms with van der Waals surface area (Å²) in [4.78, 5) is 12.5. The Kier molecular flexibility index (Phi) is 2.94. The summed E-state index contributed by atoms with van der Waals surface area (Å²) in [5.74, 6) is -1.19. The average molecular weight is 224 g/mol. The molecule has 86 valence electrons. The van der Waals surface area contributed by atoms with E-state index in [1.165, 1.54) is 12.1 Å². The molecule has 0 aromatic heterocycles. The molecule has 4 nitrogen and oxygen atoms in total. The van der Waals surface area contributed by atoms with E-state index in [-0.39, 0.29) is 12.4 Å². The second-order valence-corrected chi connectivity index (χ2v) is 3.76. The molecular formula is C11H13FN2O2. The van der Waals surface area contributed by atoms with Crippen LogP contribution < -0.4 is 10.2 Å². The molecule has 0 bridgehead atoms. The van der Waals surface area contributed by atoms with Crippen LogP contribution in [-0.4, -0.2) is 30.7 Å². The predicted octanol–water partition coefficient (Wildman–Crippen LogP) is 1.53. The Labute approximate surface area is 92.7 Å². The van der Waals surface area contributed by atoms with Gasteiger partial charge in [0.25, 0.3) is 0 Å². The van der Waals surface area contributed by atoms with Crippen molar-refractivity contribution >= 4 is 17.3 Å². The quantitative estimate of drug-likeness (QED) is 0.800. The summed E-state index contributed by atoms with van der Waals surface area (Å²) in [5.41, 5.74) is 1.42. The molecule has 0 fully saturated rings. The fourth-order valence-electron chi connectivity index (χ4n) is 1.87. The standard InChI is InChI=1S/C11H13FN2O2/c12-8-2-3-10-9(6-8)13-4-1-5-14(10)7-11(15)16/h2-3,6,13H,1,4-5,7H2,(H,15,16). The highest BCUT2D eigenvalue weighted by Gasteiger charge is 2.17. The molecule has 1 heterocycles. The zero-order chi connectivity index (χ0) is 11.5. The minimum atomic E-state index is -0.878. The summed E-state index contributed by atoms with van der Waals surface area (Å²) in [6, 6.07) is 4.36. The fraction of sp³-hybridized carbons (Fsp3) is 0.364. The molecule has 0 saturated carbocycles. The molecule has 0 atom stereocenters. The molecule has 0 spiro atoms. The first kappa shape index (κ1) is 10.7.